The topological polar surface area (TPSA) is 23.5 Å². The molecule has 102 valence electrons. The van der Waals surface area contributed by atoms with Crippen molar-refractivity contribution in [3.05, 3.63) is 0 Å². The summed E-state index contributed by atoms with van der Waals surface area (Å²) in [5, 5.41) is 9.06. The lowest BCUT2D eigenvalue weighted by molar-refractivity contribution is -0.0381. The lowest BCUT2D eigenvalue weighted by atomic mass is 9.71. The molecule has 17 heavy (non-hydrogen) atoms. The first-order valence-electron chi connectivity index (χ1n) is 7.30. The number of rotatable bonds is 8. The van der Waals surface area contributed by atoms with Crippen molar-refractivity contribution in [1.29, 1.82) is 0 Å². The van der Waals surface area contributed by atoms with E-state index < -0.39 is 0 Å². The number of nitrogens with zero attached hydrogens (tertiary/aromatic N) is 1. The van der Waals surface area contributed by atoms with Gasteiger partial charge in [-0.25, -0.2) is 0 Å². The standard InChI is InChI=1S/C15H31NO/c1-5-7-15(8-6-2)12-16(13-15)11-14(3,4)9-10-17/h17H,5-13H2,1-4H3. The summed E-state index contributed by atoms with van der Waals surface area (Å²) in [6.07, 6.45) is 6.31. The van der Waals surface area contributed by atoms with E-state index in [1.165, 1.54) is 38.8 Å². The number of hydrogen-bond acceptors (Lipinski definition) is 2. The zero-order chi connectivity index (χ0) is 12.9. The van der Waals surface area contributed by atoms with Crippen LogP contribution in [-0.2, 0) is 0 Å². The Balaban J connectivity index is 2.38. The van der Waals surface area contributed by atoms with Gasteiger partial charge in [-0.05, 0) is 30.1 Å². The van der Waals surface area contributed by atoms with Gasteiger partial charge in [0.1, 0.15) is 0 Å². The molecular weight excluding hydrogens is 210 g/mol. The fourth-order valence-corrected chi connectivity index (χ4v) is 3.50. The van der Waals surface area contributed by atoms with Gasteiger partial charge in [-0.15, -0.1) is 0 Å². The van der Waals surface area contributed by atoms with E-state index in [4.69, 9.17) is 5.11 Å². The molecule has 0 amide bonds. The fraction of sp³-hybridized carbons (Fsp3) is 1.00. The second-order valence-electron chi connectivity index (χ2n) is 6.78. The van der Waals surface area contributed by atoms with E-state index in [0.717, 1.165) is 13.0 Å². The first-order valence-corrected chi connectivity index (χ1v) is 7.30. The van der Waals surface area contributed by atoms with Gasteiger partial charge in [0.05, 0.1) is 0 Å². The highest BCUT2D eigenvalue weighted by molar-refractivity contribution is 4.95. The van der Waals surface area contributed by atoms with Crippen LogP contribution in [0, 0.1) is 10.8 Å². The molecule has 0 aromatic heterocycles. The Morgan fingerprint density at radius 1 is 1.12 bits per heavy atom. The molecule has 0 aromatic rings. The van der Waals surface area contributed by atoms with Crippen LogP contribution >= 0.6 is 0 Å². The number of hydrogen-bond donors (Lipinski definition) is 1. The highest BCUT2D eigenvalue weighted by Gasteiger charge is 2.42. The summed E-state index contributed by atoms with van der Waals surface area (Å²) in [4.78, 5) is 2.58. The van der Waals surface area contributed by atoms with Crippen molar-refractivity contribution in [2.24, 2.45) is 10.8 Å². The molecule has 0 aromatic carbocycles. The van der Waals surface area contributed by atoms with Gasteiger partial charge in [0.2, 0.25) is 0 Å². The minimum Gasteiger partial charge on any atom is -0.396 e. The van der Waals surface area contributed by atoms with E-state index in [1.807, 2.05) is 0 Å². The molecule has 0 spiro atoms. The molecule has 1 aliphatic rings. The predicted octanol–water partition coefficient (Wildman–Crippen LogP) is 3.30. The molecule has 1 fully saturated rings. The average Bonchev–Trinajstić information content (AvgIpc) is 2.15. The van der Waals surface area contributed by atoms with Gasteiger partial charge < -0.3 is 10.0 Å². The van der Waals surface area contributed by atoms with Crippen LogP contribution in [-0.4, -0.2) is 36.2 Å². The van der Waals surface area contributed by atoms with E-state index in [2.05, 4.69) is 32.6 Å². The number of aliphatic hydroxyl groups excluding tert-OH is 1. The van der Waals surface area contributed by atoms with E-state index in [9.17, 15) is 0 Å². The molecule has 0 radical (unpaired) electrons. The molecule has 1 N–H and O–H groups in total. The van der Waals surface area contributed by atoms with Gasteiger partial charge in [-0.2, -0.15) is 0 Å². The predicted molar refractivity (Wildman–Crippen MR) is 74.2 cm³/mol. The van der Waals surface area contributed by atoms with E-state index in [-0.39, 0.29) is 5.41 Å². The average molecular weight is 241 g/mol. The summed E-state index contributed by atoms with van der Waals surface area (Å²) < 4.78 is 0. The molecule has 1 rings (SSSR count). The second kappa shape index (κ2) is 6.19. The Kier molecular flexibility index (Phi) is 5.46. The van der Waals surface area contributed by atoms with Crippen molar-refractivity contribution in [3.63, 3.8) is 0 Å². The van der Waals surface area contributed by atoms with Gasteiger partial charge in [-0.3, -0.25) is 0 Å². The number of likely N-dealkylation sites (tertiary alicyclic amines) is 1. The second-order valence-corrected chi connectivity index (χ2v) is 6.78. The Labute approximate surface area is 107 Å². The van der Waals surface area contributed by atoms with Crippen molar-refractivity contribution in [2.75, 3.05) is 26.2 Å². The molecule has 0 unspecified atom stereocenters. The van der Waals surface area contributed by atoms with Crippen LogP contribution in [0.4, 0.5) is 0 Å². The first kappa shape index (κ1) is 15.0. The van der Waals surface area contributed by atoms with E-state index in [1.54, 1.807) is 0 Å². The van der Waals surface area contributed by atoms with E-state index in [0.29, 0.717) is 12.0 Å². The smallest absolute Gasteiger partial charge is 0.0436 e. The molecule has 0 aliphatic carbocycles. The summed E-state index contributed by atoms with van der Waals surface area (Å²) in [5.41, 5.74) is 0.887. The van der Waals surface area contributed by atoms with Gasteiger partial charge in [0.25, 0.3) is 0 Å². The largest absolute Gasteiger partial charge is 0.396 e. The van der Waals surface area contributed by atoms with Gasteiger partial charge in [0, 0.05) is 26.2 Å². The SMILES string of the molecule is CCCC1(CCC)CN(CC(C)(C)CCO)C1. The summed E-state index contributed by atoms with van der Waals surface area (Å²) in [7, 11) is 0. The van der Waals surface area contributed by atoms with Crippen LogP contribution < -0.4 is 0 Å². The molecule has 0 bridgehead atoms. The maximum absolute atomic E-state index is 9.06. The minimum absolute atomic E-state index is 0.263. The Morgan fingerprint density at radius 2 is 1.65 bits per heavy atom. The van der Waals surface area contributed by atoms with Gasteiger partial charge >= 0.3 is 0 Å². The highest BCUT2D eigenvalue weighted by atomic mass is 16.3. The van der Waals surface area contributed by atoms with Crippen molar-refractivity contribution in [3.8, 4) is 0 Å². The van der Waals surface area contributed by atoms with Gasteiger partial charge in [0.15, 0.2) is 0 Å². The normalized spacial score (nSPS) is 20.3. The van der Waals surface area contributed by atoms with Crippen LogP contribution in [0.5, 0.6) is 0 Å². The third kappa shape index (κ3) is 4.26. The fourth-order valence-electron chi connectivity index (χ4n) is 3.50. The maximum atomic E-state index is 9.06. The minimum atomic E-state index is 0.263. The van der Waals surface area contributed by atoms with Crippen molar-refractivity contribution >= 4 is 0 Å². The molecule has 1 saturated heterocycles. The Bertz CT molecular complexity index is 211. The molecule has 1 heterocycles. The maximum Gasteiger partial charge on any atom is 0.0436 e. The Morgan fingerprint density at radius 3 is 2.06 bits per heavy atom. The first-order chi connectivity index (χ1) is 7.97. The molecular formula is C15H31NO. The summed E-state index contributed by atoms with van der Waals surface area (Å²) in [6, 6.07) is 0. The zero-order valence-electron chi connectivity index (χ0n) is 12.3. The molecule has 2 nitrogen and oxygen atoms in total. The third-order valence-corrected chi connectivity index (χ3v) is 4.12. The van der Waals surface area contributed by atoms with Crippen molar-refractivity contribution in [1.82, 2.24) is 4.90 Å². The molecule has 0 saturated carbocycles. The van der Waals surface area contributed by atoms with Crippen LogP contribution in [0.25, 0.3) is 0 Å². The van der Waals surface area contributed by atoms with Crippen LogP contribution in [0.1, 0.15) is 59.8 Å². The lowest BCUT2D eigenvalue weighted by Crippen LogP contribution is -2.58. The van der Waals surface area contributed by atoms with Crippen molar-refractivity contribution < 1.29 is 5.11 Å². The molecule has 0 atom stereocenters. The summed E-state index contributed by atoms with van der Waals surface area (Å²) in [6.45, 7) is 13.2. The quantitative estimate of drug-likeness (QED) is 0.705. The summed E-state index contributed by atoms with van der Waals surface area (Å²) in [5.74, 6) is 0. The number of aliphatic hydroxyl groups is 1. The van der Waals surface area contributed by atoms with Gasteiger partial charge in [-0.1, -0.05) is 40.5 Å². The highest BCUT2D eigenvalue weighted by Crippen LogP contribution is 2.41. The third-order valence-electron chi connectivity index (χ3n) is 4.12. The van der Waals surface area contributed by atoms with E-state index >= 15 is 0 Å². The molecule has 2 heteroatoms. The van der Waals surface area contributed by atoms with Crippen molar-refractivity contribution in [2.45, 2.75) is 59.8 Å². The van der Waals surface area contributed by atoms with Crippen LogP contribution in [0.2, 0.25) is 0 Å². The zero-order valence-corrected chi connectivity index (χ0v) is 12.3. The monoisotopic (exact) mass is 241 g/mol. The Hall–Kier alpha value is -0.0800. The summed E-state index contributed by atoms with van der Waals surface area (Å²) >= 11 is 0. The van der Waals surface area contributed by atoms with Crippen LogP contribution in [0.15, 0.2) is 0 Å². The molecule has 1 aliphatic heterocycles. The van der Waals surface area contributed by atoms with Crippen LogP contribution in [0.3, 0.4) is 0 Å². The lowest BCUT2D eigenvalue weighted by Gasteiger charge is -2.53.